The quantitative estimate of drug-likeness (QED) is 0.832. The maximum atomic E-state index is 12.2. The van der Waals surface area contributed by atoms with Crippen LogP contribution in [0.4, 0.5) is 5.95 Å². The van der Waals surface area contributed by atoms with Gasteiger partial charge in [0.15, 0.2) is 0 Å². The summed E-state index contributed by atoms with van der Waals surface area (Å²) in [4.78, 5) is 24.5. The maximum Gasteiger partial charge on any atom is 0.252 e. The lowest BCUT2D eigenvalue weighted by Crippen LogP contribution is -2.38. The summed E-state index contributed by atoms with van der Waals surface area (Å²) in [7, 11) is 0. The molecule has 1 aromatic carbocycles. The first-order chi connectivity index (χ1) is 13.7. The van der Waals surface area contributed by atoms with E-state index in [4.69, 9.17) is 9.72 Å². The summed E-state index contributed by atoms with van der Waals surface area (Å²) in [5, 5.41) is 0. The number of aromatic nitrogens is 2. The van der Waals surface area contributed by atoms with E-state index >= 15 is 0 Å². The molecule has 4 rings (SSSR count). The van der Waals surface area contributed by atoms with Crippen LogP contribution < -0.4 is 10.5 Å². The molecule has 0 amide bonds. The Labute approximate surface area is 166 Å². The van der Waals surface area contributed by atoms with Gasteiger partial charge in [-0.15, -0.1) is 0 Å². The molecule has 3 heterocycles. The second-order valence-electron chi connectivity index (χ2n) is 7.98. The van der Waals surface area contributed by atoms with Crippen LogP contribution in [0.2, 0.25) is 0 Å². The lowest BCUT2D eigenvalue weighted by atomic mass is 9.98. The summed E-state index contributed by atoms with van der Waals surface area (Å²) in [5.74, 6) is 1.60. The number of hydrogen-bond donors (Lipinski definition) is 1. The number of nitrogens with zero attached hydrogens (tertiary/aromatic N) is 3. The molecule has 0 radical (unpaired) electrons. The molecule has 1 N–H and O–H groups in total. The number of anilines is 1. The Bertz CT molecular complexity index is 817. The first-order valence-corrected chi connectivity index (χ1v) is 10.4. The number of hydrogen-bond acceptors (Lipinski definition) is 5. The Kier molecular flexibility index (Phi) is 6.07. The minimum Gasteiger partial charge on any atom is -0.378 e. The zero-order valence-electron chi connectivity index (χ0n) is 16.6. The number of aromatic amines is 1. The Morgan fingerprint density at radius 1 is 1.21 bits per heavy atom. The van der Waals surface area contributed by atoms with Crippen LogP contribution in [0.1, 0.15) is 42.9 Å². The summed E-state index contributed by atoms with van der Waals surface area (Å²) in [6, 6.07) is 12.4. The lowest BCUT2D eigenvalue weighted by Gasteiger charge is -2.27. The molecule has 0 unspecified atom stereocenters. The minimum atomic E-state index is -0.0531. The van der Waals surface area contributed by atoms with E-state index in [1.54, 1.807) is 6.07 Å². The monoisotopic (exact) mass is 382 g/mol. The molecule has 2 aliphatic rings. The van der Waals surface area contributed by atoms with Crippen molar-refractivity contribution in [2.24, 2.45) is 0 Å². The molecule has 0 bridgehead atoms. The second kappa shape index (κ2) is 8.88. The van der Waals surface area contributed by atoms with E-state index in [-0.39, 0.29) is 5.56 Å². The zero-order chi connectivity index (χ0) is 19.3. The van der Waals surface area contributed by atoms with Crippen molar-refractivity contribution < 1.29 is 4.74 Å². The van der Waals surface area contributed by atoms with Crippen molar-refractivity contribution in [1.82, 2.24) is 14.9 Å². The molecule has 0 spiro atoms. The van der Waals surface area contributed by atoms with Crippen LogP contribution >= 0.6 is 0 Å². The smallest absolute Gasteiger partial charge is 0.252 e. The van der Waals surface area contributed by atoms with E-state index in [2.05, 4.69) is 52.0 Å². The normalized spacial score (nSPS) is 21.8. The molecule has 0 saturated carbocycles. The first-order valence-electron chi connectivity index (χ1n) is 10.4. The van der Waals surface area contributed by atoms with Crippen LogP contribution in [0.5, 0.6) is 0 Å². The summed E-state index contributed by atoms with van der Waals surface area (Å²) in [6.45, 7) is 8.38. The average Bonchev–Trinajstić information content (AvgIpc) is 3.22. The molecular weight excluding hydrogens is 352 g/mol. The zero-order valence-corrected chi connectivity index (χ0v) is 16.6. The number of rotatable bonds is 6. The molecule has 0 aliphatic carbocycles. The van der Waals surface area contributed by atoms with E-state index in [9.17, 15) is 4.79 Å². The molecule has 6 nitrogen and oxygen atoms in total. The number of ether oxygens (including phenoxy) is 1. The van der Waals surface area contributed by atoms with E-state index in [1.165, 1.54) is 5.56 Å². The summed E-state index contributed by atoms with van der Waals surface area (Å²) < 4.78 is 5.41. The molecule has 6 heteroatoms. The molecule has 28 heavy (non-hydrogen) atoms. The molecule has 1 aromatic heterocycles. The van der Waals surface area contributed by atoms with Gasteiger partial charge in [0.25, 0.3) is 5.56 Å². The Morgan fingerprint density at radius 3 is 2.79 bits per heavy atom. The predicted octanol–water partition coefficient (Wildman–Crippen LogP) is 2.59. The second-order valence-corrected chi connectivity index (χ2v) is 7.98. The Balaban J connectivity index is 1.36. The van der Waals surface area contributed by atoms with Crippen LogP contribution in [0.3, 0.4) is 0 Å². The standard InChI is InChI=1S/C22H30N4O2/c1-17(18-5-3-2-4-6-18)7-9-25-10-8-19(16-25)20-15-21(27)24-22(23-20)26-11-13-28-14-12-26/h2-6,15,17,19H,7-14,16H2,1H3,(H,23,24,27)/t17-,19+/m1/s1. The van der Waals surface area contributed by atoms with Crippen molar-refractivity contribution in [3.05, 3.63) is 58.0 Å². The lowest BCUT2D eigenvalue weighted by molar-refractivity contribution is 0.122. The van der Waals surface area contributed by atoms with Crippen molar-refractivity contribution in [2.75, 3.05) is 50.8 Å². The molecule has 2 atom stereocenters. The third kappa shape index (κ3) is 4.62. The first kappa shape index (κ1) is 19.2. The van der Waals surface area contributed by atoms with Crippen LogP contribution in [0.25, 0.3) is 0 Å². The highest BCUT2D eigenvalue weighted by Crippen LogP contribution is 2.27. The number of morpholine rings is 1. The number of nitrogens with one attached hydrogen (secondary N) is 1. The van der Waals surface area contributed by atoms with E-state index < -0.39 is 0 Å². The number of likely N-dealkylation sites (tertiary alicyclic amines) is 1. The van der Waals surface area contributed by atoms with Crippen molar-refractivity contribution in [1.29, 1.82) is 0 Å². The fraction of sp³-hybridized carbons (Fsp3) is 0.545. The Morgan fingerprint density at radius 2 is 2.00 bits per heavy atom. The highest BCUT2D eigenvalue weighted by Gasteiger charge is 2.26. The van der Waals surface area contributed by atoms with Crippen LogP contribution in [-0.4, -0.2) is 60.8 Å². The average molecular weight is 383 g/mol. The molecule has 2 fully saturated rings. The summed E-state index contributed by atoms with van der Waals surface area (Å²) >= 11 is 0. The van der Waals surface area contributed by atoms with E-state index in [0.29, 0.717) is 31.0 Å². The third-order valence-corrected chi connectivity index (χ3v) is 6.00. The van der Waals surface area contributed by atoms with Gasteiger partial charge in [-0.25, -0.2) is 4.98 Å². The predicted molar refractivity (Wildman–Crippen MR) is 111 cm³/mol. The van der Waals surface area contributed by atoms with Gasteiger partial charge < -0.3 is 14.5 Å². The van der Waals surface area contributed by atoms with Crippen molar-refractivity contribution in [3.63, 3.8) is 0 Å². The minimum absolute atomic E-state index is 0.0531. The van der Waals surface area contributed by atoms with Gasteiger partial charge >= 0.3 is 0 Å². The van der Waals surface area contributed by atoms with Gasteiger partial charge in [-0.3, -0.25) is 9.78 Å². The van der Waals surface area contributed by atoms with Crippen LogP contribution in [0, 0.1) is 0 Å². The summed E-state index contributed by atoms with van der Waals surface area (Å²) in [6.07, 6.45) is 2.22. The number of benzene rings is 1. The van der Waals surface area contributed by atoms with Crippen molar-refractivity contribution >= 4 is 5.95 Å². The van der Waals surface area contributed by atoms with Crippen LogP contribution in [-0.2, 0) is 4.74 Å². The molecular formula is C22H30N4O2. The number of H-pyrrole nitrogens is 1. The van der Waals surface area contributed by atoms with Gasteiger partial charge in [0, 0.05) is 31.6 Å². The van der Waals surface area contributed by atoms with E-state index in [1.807, 2.05) is 0 Å². The fourth-order valence-corrected chi connectivity index (χ4v) is 4.20. The largest absolute Gasteiger partial charge is 0.378 e. The maximum absolute atomic E-state index is 12.2. The summed E-state index contributed by atoms with van der Waals surface area (Å²) in [5.41, 5.74) is 2.29. The van der Waals surface area contributed by atoms with Gasteiger partial charge in [0.05, 0.1) is 18.9 Å². The van der Waals surface area contributed by atoms with Gasteiger partial charge in [-0.2, -0.15) is 0 Å². The van der Waals surface area contributed by atoms with Gasteiger partial charge in [-0.1, -0.05) is 37.3 Å². The highest BCUT2D eigenvalue weighted by molar-refractivity contribution is 5.32. The SMILES string of the molecule is C[C@H](CCN1CC[C@H](c2cc(=O)[nH]c(N3CCOCC3)n2)C1)c1ccccc1. The van der Waals surface area contributed by atoms with Crippen molar-refractivity contribution in [2.45, 2.75) is 31.6 Å². The topological polar surface area (TPSA) is 61.5 Å². The van der Waals surface area contributed by atoms with Gasteiger partial charge in [-0.05, 0) is 37.4 Å². The highest BCUT2D eigenvalue weighted by atomic mass is 16.5. The molecule has 2 aliphatic heterocycles. The molecule has 2 aromatic rings. The van der Waals surface area contributed by atoms with Gasteiger partial charge in [0.2, 0.25) is 5.95 Å². The third-order valence-electron chi connectivity index (χ3n) is 6.00. The molecule has 2 saturated heterocycles. The fourth-order valence-electron chi connectivity index (χ4n) is 4.20. The van der Waals surface area contributed by atoms with E-state index in [0.717, 1.165) is 51.3 Å². The van der Waals surface area contributed by atoms with Gasteiger partial charge in [0.1, 0.15) is 0 Å². The molecule has 150 valence electrons. The van der Waals surface area contributed by atoms with Crippen LogP contribution in [0.15, 0.2) is 41.2 Å². The van der Waals surface area contributed by atoms with Crippen molar-refractivity contribution in [3.8, 4) is 0 Å². The Hall–Kier alpha value is -2.18.